The van der Waals surface area contributed by atoms with E-state index < -0.39 is 17.2 Å². The van der Waals surface area contributed by atoms with Crippen molar-refractivity contribution in [2.24, 2.45) is 5.73 Å². The average molecular weight is 229 g/mol. The van der Waals surface area contributed by atoms with E-state index in [4.69, 9.17) is 10.5 Å². The molecule has 2 N–H and O–H groups in total. The van der Waals surface area contributed by atoms with E-state index >= 15 is 0 Å². The number of rotatable bonds is 5. The third-order valence-electron chi connectivity index (χ3n) is 2.26. The van der Waals surface area contributed by atoms with E-state index in [-0.39, 0.29) is 12.0 Å². The second-order valence-electron chi connectivity index (χ2n) is 4.18. The van der Waals surface area contributed by atoms with Gasteiger partial charge in [0.05, 0.1) is 6.61 Å². The summed E-state index contributed by atoms with van der Waals surface area (Å²) in [6.45, 7) is 4.49. The molecule has 0 fully saturated rings. The lowest BCUT2D eigenvalue weighted by atomic mass is 9.94. The largest absolute Gasteiger partial charge is 0.380 e. The predicted molar refractivity (Wildman–Crippen MR) is 59.1 cm³/mol. The molecule has 2 nitrogen and oxygen atoms in total. The number of benzene rings is 1. The Hall–Kier alpha value is -1.00. The van der Waals surface area contributed by atoms with Crippen LogP contribution in [0.1, 0.15) is 19.4 Å². The SMILES string of the molecule is CCOCC(C)(N)Cc1cccc(F)c1F. The molecule has 0 amide bonds. The number of hydrogen-bond donors (Lipinski definition) is 1. The molecule has 0 heterocycles. The van der Waals surface area contributed by atoms with Gasteiger partial charge in [-0.15, -0.1) is 0 Å². The van der Waals surface area contributed by atoms with Gasteiger partial charge in [0.1, 0.15) is 0 Å². The summed E-state index contributed by atoms with van der Waals surface area (Å²) in [4.78, 5) is 0. The maximum atomic E-state index is 13.4. The first-order chi connectivity index (χ1) is 7.46. The van der Waals surface area contributed by atoms with Crippen LogP contribution >= 0.6 is 0 Å². The summed E-state index contributed by atoms with van der Waals surface area (Å²) in [6, 6.07) is 4.11. The first kappa shape index (κ1) is 13.1. The maximum Gasteiger partial charge on any atom is 0.162 e. The Balaban J connectivity index is 2.75. The van der Waals surface area contributed by atoms with Crippen molar-refractivity contribution < 1.29 is 13.5 Å². The normalized spacial score (nSPS) is 14.8. The molecule has 0 aliphatic carbocycles. The van der Waals surface area contributed by atoms with Crippen LogP contribution in [0.5, 0.6) is 0 Å². The van der Waals surface area contributed by atoms with Crippen molar-refractivity contribution in [3.05, 3.63) is 35.4 Å². The fraction of sp³-hybridized carbons (Fsp3) is 0.500. The van der Waals surface area contributed by atoms with Crippen molar-refractivity contribution in [2.45, 2.75) is 25.8 Å². The van der Waals surface area contributed by atoms with Gasteiger partial charge in [-0.1, -0.05) is 12.1 Å². The summed E-state index contributed by atoms with van der Waals surface area (Å²) in [7, 11) is 0. The molecule has 0 saturated carbocycles. The number of halogens is 2. The molecular weight excluding hydrogens is 212 g/mol. The maximum absolute atomic E-state index is 13.4. The third-order valence-corrected chi connectivity index (χ3v) is 2.26. The molecule has 0 radical (unpaired) electrons. The monoisotopic (exact) mass is 229 g/mol. The fourth-order valence-corrected chi connectivity index (χ4v) is 1.51. The first-order valence-electron chi connectivity index (χ1n) is 5.26. The second kappa shape index (κ2) is 5.37. The fourth-order valence-electron chi connectivity index (χ4n) is 1.51. The third kappa shape index (κ3) is 3.54. The summed E-state index contributed by atoms with van der Waals surface area (Å²) in [5.74, 6) is -1.67. The molecule has 4 heteroatoms. The van der Waals surface area contributed by atoms with Crippen LogP contribution in [0.3, 0.4) is 0 Å². The van der Waals surface area contributed by atoms with Gasteiger partial charge in [0, 0.05) is 12.1 Å². The Morgan fingerprint density at radius 2 is 2.06 bits per heavy atom. The molecule has 0 bridgehead atoms. The van der Waals surface area contributed by atoms with Crippen LogP contribution in [0.4, 0.5) is 8.78 Å². The summed E-state index contributed by atoms with van der Waals surface area (Å²) in [5, 5.41) is 0. The lowest BCUT2D eigenvalue weighted by Crippen LogP contribution is -2.43. The minimum absolute atomic E-state index is 0.247. The minimum atomic E-state index is -0.843. The Labute approximate surface area is 94.4 Å². The van der Waals surface area contributed by atoms with Crippen molar-refractivity contribution in [2.75, 3.05) is 13.2 Å². The van der Waals surface area contributed by atoms with Gasteiger partial charge in [-0.25, -0.2) is 8.78 Å². The summed E-state index contributed by atoms with van der Waals surface area (Å²) in [6.07, 6.45) is 0.247. The molecule has 90 valence electrons. The van der Waals surface area contributed by atoms with Gasteiger partial charge in [-0.05, 0) is 31.9 Å². The number of nitrogens with two attached hydrogens (primary N) is 1. The minimum Gasteiger partial charge on any atom is -0.380 e. The standard InChI is InChI=1S/C12H17F2NO/c1-3-16-8-12(2,15)7-9-5-4-6-10(13)11(9)14/h4-6H,3,7-8,15H2,1-2H3. The van der Waals surface area contributed by atoms with Gasteiger partial charge in [0.2, 0.25) is 0 Å². The summed E-state index contributed by atoms with van der Waals surface area (Å²) in [5.41, 5.74) is 5.53. The smallest absolute Gasteiger partial charge is 0.162 e. The van der Waals surface area contributed by atoms with Crippen molar-refractivity contribution >= 4 is 0 Å². The van der Waals surface area contributed by atoms with Crippen molar-refractivity contribution in [1.29, 1.82) is 0 Å². The van der Waals surface area contributed by atoms with Gasteiger partial charge < -0.3 is 10.5 Å². The quantitative estimate of drug-likeness (QED) is 0.840. The van der Waals surface area contributed by atoms with Crippen LogP contribution in [0, 0.1) is 11.6 Å². The van der Waals surface area contributed by atoms with Gasteiger partial charge in [0.15, 0.2) is 11.6 Å². The highest BCUT2D eigenvalue weighted by atomic mass is 19.2. The average Bonchev–Trinajstić information content (AvgIpc) is 2.22. The molecule has 0 aliphatic rings. The van der Waals surface area contributed by atoms with Crippen molar-refractivity contribution in [1.82, 2.24) is 0 Å². The van der Waals surface area contributed by atoms with E-state index in [1.54, 1.807) is 6.92 Å². The Bertz CT molecular complexity index is 353. The van der Waals surface area contributed by atoms with Gasteiger partial charge >= 0.3 is 0 Å². The molecule has 0 aliphatic heterocycles. The Morgan fingerprint density at radius 1 is 1.38 bits per heavy atom. The molecule has 1 rings (SSSR count). The molecule has 0 spiro atoms. The van der Waals surface area contributed by atoms with E-state index in [9.17, 15) is 8.78 Å². The molecule has 16 heavy (non-hydrogen) atoms. The zero-order valence-corrected chi connectivity index (χ0v) is 9.59. The van der Waals surface area contributed by atoms with Gasteiger partial charge in [-0.3, -0.25) is 0 Å². The topological polar surface area (TPSA) is 35.2 Å². The zero-order valence-electron chi connectivity index (χ0n) is 9.59. The molecule has 0 saturated heterocycles. The van der Waals surface area contributed by atoms with Crippen LogP contribution in [0.2, 0.25) is 0 Å². The molecule has 1 aromatic rings. The van der Waals surface area contributed by atoms with Gasteiger partial charge in [0.25, 0.3) is 0 Å². The predicted octanol–water partition coefficient (Wildman–Crippen LogP) is 2.26. The van der Waals surface area contributed by atoms with Gasteiger partial charge in [-0.2, -0.15) is 0 Å². The van der Waals surface area contributed by atoms with Crippen LogP contribution in [-0.2, 0) is 11.2 Å². The number of hydrogen-bond acceptors (Lipinski definition) is 2. The Morgan fingerprint density at radius 3 is 2.69 bits per heavy atom. The molecular formula is C12H17F2NO. The lowest BCUT2D eigenvalue weighted by Gasteiger charge is -2.24. The highest BCUT2D eigenvalue weighted by molar-refractivity contribution is 5.21. The number of ether oxygens (including phenoxy) is 1. The highest BCUT2D eigenvalue weighted by Crippen LogP contribution is 2.17. The van der Waals surface area contributed by atoms with Crippen LogP contribution < -0.4 is 5.73 Å². The summed E-state index contributed by atoms with van der Waals surface area (Å²) < 4.78 is 31.5. The van der Waals surface area contributed by atoms with Crippen LogP contribution in [-0.4, -0.2) is 18.8 Å². The van der Waals surface area contributed by atoms with E-state index in [1.807, 2.05) is 6.92 Å². The second-order valence-corrected chi connectivity index (χ2v) is 4.18. The van der Waals surface area contributed by atoms with E-state index in [0.717, 1.165) is 6.07 Å². The summed E-state index contributed by atoms with van der Waals surface area (Å²) >= 11 is 0. The molecule has 0 aromatic heterocycles. The highest BCUT2D eigenvalue weighted by Gasteiger charge is 2.22. The molecule has 1 aromatic carbocycles. The Kier molecular flexibility index (Phi) is 4.38. The zero-order chi connectivity index (χ0) is 12.2. The van der Waals surface area contributed by atoms with E-state index in [1.165, 1.54) is 12.1 Å². The first-order valence-corrected chi connectivity index (χ1v) is 5.26. The lowest BCUT2D eigenvalue weighted by molar-refractivity contribution is 0.101. The van der Waals surface area contributed by atoms with Crippen molar-refractivity contribution in [3.8, 4) is 0 Å². The van der Waals surface area contributed by atoms with Crippen LogP contribution in [0.25, 0.3) is 0 Å². The van der Waals surface area contributed by atoms with Crippen LogP contribution in [0.15, 0.2) is 18.2 Å². The molecule has 1 atom stereocenters. The van der Waals surface area contributed by atoms with E-state index in [2.05, 4.69) is 0 Å². The van der Waals surface area contributed by atoms with Crippen molar-refractivity contribution in [3.63, 3.8) is 0 Å². The molecule has 1 unspecified atom stereocenters. The van der Waals surface area contributed by atoms with E-state index in [0.29, 0.717) is 13.2 Å².